The van der Waals surface area contributed by atoms with Crippen LogP contribution >= 0.6 is 0 Å². The van der Waals surface area contributed by atoms with Crippen LogP contribution < -0.4 is 14.5 Å². The van der Waals surface area contributed by atoms with Gasteiger partial charge in [0.05, 0.1) is 32.1 Å². The number of amides is 4. The van der Waals surface area contributed by atoms with Gasteiger partial charge in [-0.25, -0.2) is 9.80 Å². The molecule has 2 aliphatic heterocycles. The van der Waals surface area contributed by atoms with Crippen molar-refractivity contribution in [3.05, 3.63) is 127 Å². The Balaban J connectivity index is 1.53. The van der Waals surface area contributed by atoms with Crippen LogP contribution in [-0.4, -0.2) is 33.5 Å². The van der Waals surface area contributed by atoms with Crippen molar-refractivity contribution in [2.24, 2.45) is 0 Å². The number of rotatable bonds is 6. The molecule has 4 aromatic rings. The Morgan fingerprint density at radius 1 is 0.488 bits per heavy atom. The van der Waals surface area contributed by atoms with Gasteiger partial charge in [-0.1, -0.05) is 36.4 Å². The quantitative estimate of drug-likeness (QED) is 0.184. The third-order valence-electron chi connectivity index (χ3n) is 6.60. The van der Waals surface area contributed by atoms with E-state index in [1.165, 1.54) is 72.8 Å². The molecule has 13 nitrogen and oxygen atoms in total. The molecular weight excluding hydrogens is 536 g/mol. The summed E-state index contributed by atoms with van der Waals surface area (Å²) in [5.74, 6) is -4.17. The fourth-order valence-electron chi connectivity index (χ4n) is 4.83. The summed E-state index contributed by atoms with van der Waals surface area (Å²) in [4.78, 5) is 76.6. The number of anilines is 2. The molecule has 4 aromatic carbocycles. The number of imide groups is 2. The first kappa shape index (κ1) is 25.1. The van der Waals surface area contributed by atoms with Crippen molar-refractivity contribution in [2.75, 3.05) is 9.80 Å². The summed E-state index contributed by atoms with van der Waals surface area (Å²) in [6, 6.07) is 18.7. The second-order valence-electron chi connectivity index (χ2n) is 8.85. The molecule has 2 heterocycles. The fraction of sp³-hybridized carbons (Fsp3) is 0. The van der Waals surface area contributed by atoms with Gasteiger partial charge in [0.15, 0.2) is 22.9 Å². The summed E-state index contributed by atoms with van der Waals surface area (Å²) in [6.07, 6.45) is 0. The maximum absolute atomic E-state index is 13.3. The minimum atomic E-state index is -0.843. The predicted octanol–water partition coefficient (Wildman–Crippen LogP) is 4.90. The van der Waals surface area contributed by atoms with E-state index in [1.807, 2.05) is 0 Å². The number of hydrogen-bond donors (Lipinski definition) is 0. The van der Waals surface area contributed by atoms with Gasteiger partial charge in [-0.15, -0.1) is 0 Å². The first-order valence-corrected chi connectivity index (χ1v) is 11.9. The molecule has 0 aromatic heterocycles. The topological polar surface area (TPSA) is 170 Å². The largest absolute Gasteiger partial charge is 0.452 e. The highest BCUT2D eigenvalue weighted by molar-refractivity contribution is 6.36. The Bertz CT molecular complexity index is 1680. The molecule has 0 fully saturated rings. The lowest BCUT2D eigenvalue weighted by molar-refractivity contribution is -0.384. The first-order chi connectivity index (χ1) is 19.7. The smallest absolute Gasteiger partial charge is 0.297 e. The van der Waals surface area contributed by atoms with Gasteiger partial charge in [0, 0.05) is 12.1 Å². The van der Waals surface area contributed by atoms with Crippen molar-refractivity contribution < 1.29 is 33.8 Å². The van der Waals surface area contributed by atoms with Crippen LogP contribution in [0.15, 0.2) is 84.9 Å². The molecule has 0 saturated heterocycles. The molecule has 0 bridgehead atoms. The average molecular weight is 550 g/mol. The lowest BCUT2D eigenvalue weighted by Crippen LogP contribution is -2.31. The van der Waals surface area contributed by atoms with Gasteiger partial charge in [-0.05, 0) is 36.4 Å². The lowest BCUT2D eigenvalue weighted by Gasteiger charge is -2.21. The first-order valence-electron chi connectivity index (χ1n) is 11.9. The van der Waals surface area contributed by atoms with Gasteiger partial charge < -0.3 is 4.74 Å². The SMILES string of the molecule is O=C1c2ccccc2C(=O)N1c1c(Oc2cccc([N+](=O)[O-])c2N2C(=O)c3ccccc3C2=O)cccc1[N+](=O)[O-]. The summed E-state index contributed by atoms with van der Waals surface area (Å²) in [7, 11) is 0. The van der Waals surface area contributed by atoms with E-state index in [2.05, 4.69) is 0 Å². The normalized spacial score (nSPS) is 13.9. The van der Waals surface area contributed by atoms with Crippen LogP contribution in [0.3, 0.4) is 0 Å². The van der Waals surface area contributed by atoms with E-state index in [1.54, 1.807) is 0 Å². The van der Waals surface area contributed by atoms with Gasteiger partial charge >= 0.3 is 0 Å². The van der Waals surface area contributed by atoms with Gasteiger partial charge in [0.1, 0.15) is 0 Å². The molecule has 0 spiro atoms. The third kappa shape index (κ3) is 3.71. The molecule has 0 aliphatic carbocycles. The van der Waals surface area contributed by atoms with E-state index < -0.39 is 67.7 Å². The van der Waals surface area contributed by atoms with Crippen molar-refractivity contribution >= 4 is 46.4 Å². The number of nitro benzene ring substituents is 2. The fourth-order valence-corrected chi connectivity index (χ4v) is 4.83. The number of nitro groups is 2. The highest BCUT2D eigenvalue weighted by Gasteiger charge is 2.44. The summed E-state index contributed by atoms with van der Waals surface area (Å²) in [5.41, 5.74) is -2.30. The molecule has 200 valence electrons. The van der Waals surface area contributed by atoms with Crippen molar-refractivity contribution in [1.82, 2.24) is 0 Å². The van der Waals surface area contributed by atoms with Crippen molar-refractivity contribution in [1.29, 1.82) is 0 Å². The molecule has 0 N–H and O–H groups in total. The number of carbonyl (C=O) groups is 4. The van der Waals surface area contributed by atoms with Crippen molar-refractivity contribution in [2.45, 2.75) is 0 Å². The Hall–Kier alpha value is -6.24. The van der Waals surface area contributed by atoms with Crippen LogP contribution in [0.4, 0.5) is 22.7 Å². The Morgan fingerprint density at radius 3 is 1.10 bits per heavy atom. The maximum atomic E-state index is 13.3. The van der Waals surface area contributed by atoms with E-state index in [0.717, 1.165) is 12.1 Å². The zero-order chi connectivity index (χ0) is 29.0. The van der Waals surface area contributed by atoms with Crippen LogP contribution in [0.5, 0.6) is 11.5 Å². The van der Waals surface area contributed by atoms with Gasteiger partial charge in [-0.3, -0.25) is 39.4 Å². The summed E-state index contributed by atoms with van der Waals surface area (Å²) >= 11 is 0. The molecule has 13 heteroatoms. The summed E-state index contributed by atoms with van der Waals surface area (Å²) in [6.45, 7) is 0. The lowest BCUT2D eigenvalue weighted by atomic mass is 10.1. The number of nitrogens with zero attached hydrogens (tertiary/aromatic N) is 4. The van der Waals surface area contributed by atoms with Crippen LogP contribution in [0.2, 0.25) is 0 Å². The molecule has 4 amide bonds. The number of hydrogen-bond acceptors (Lipinski definition) is 9. The second kappa shape index (κ2) is 9.20. The van der Waals surface area contributed by atoms with E-state index in [0.29, 0.717) is 9.80 Å². The van der Waals surface area contributed by atoms with Crippen LogP contribution in [0, 0.1) is 20.2 Å². The molecular formula is C28H14N4O9. The van der Waals surface area contributed by atoms with Gasteiger partial charge in [0.25, 0.3) is 35.0 Å². The van der Waals surface area contributed by atoms with Crippen LogP contribution in [0.25, 0.3) is 0 Å². The number of fused-ring (bicyclic) bond motifs is 2. The third-order valence-corrected chi connectivity index (χ3v) is 6.60. The minimum Gasteiger partial charge on any atom is -0.452 e. The Kier molecular flexibility index (Phi) is 5.62. The monoisotopic (exact) mass is 550 g/mol. The number of benzene rings is 4. The number of ether oxygens (including phenoxy) is 1. The van der Waals surface area contributed by atoms with Crippen LogP contribution in [-0.2, 0) is 0 Å². The molecule has 0 saturated carbocycles. The molecule has 6 rings (SSSR count). The minimum absolute atomic E-state index is 0.0173. The van der Waals surface area contributed by atoms with Crippen molar-refractivity contribution in [3.63, 3.8) is 0 Å². The average Bonchev–Trinajstić information content (AvgIpc) is 3.37. The highest BCUT2D eigenvalue weighted by atomic mass is 16.6. The van der Waals surface area contributed by atoms with E-state index in [-0.39, 0.29) is 22.3 Å². The zero-order valence-electron chi connectivity index (χ0n) is 20.5. The number of para-hydroxylation sites is 2. The van der Waals surface area contributed by atoms with E-state index >= 15 is 0 Å². The predicted molar refractivity (Wildman–Crippen MR) is 141 cm³/mol. The second-order valence-corrected chi connectivity index (χ2v) is 8.85. The van der Waals surface area contributed by atoms with Crippen molar-refractivity contribution in [3.8, 4) is 11.5 Å². The highest BCUT2D eigenvalue weighted by Crippen LogP contribution is 2.47. The summed E-state index contributed by atoms with van der Waals surface area (Å²) < 4.78 is 5.94. The molecule has 2 aliphatic rings. The Labute approximate surface area is 229 Å². The maximum Gasteiger partial charge on any atom is 0.297 e. The van der Waals surface area contributed by atoms with Gasteiger partial charge in [-0.2, -0.15) is 0 Å². The van der Waals surface area contributed by atoms with Crippen LogP contribution in [0.1, 0.15) is 41.4 Å². The molecule has 0 unspecified atom stereocenters. The molecule has 41 heavy (non-hydrogen) atoms. The Morgan fingerprint density at radius 2 is 0.805 bits per heavy atom. The van der Waals surface area contributed by atoms with Gasteiger partial charge in [0.2, 0.25) is 0 Å². The molecule has 0 radical (unpaired) electrons. The number of carbonyl (C=O) groups excluding carboxylic acids is 4. The van der Waals surface area contributed by atoms with E-state index in [9.17, 15) is 39.4 Å². The standard InChI is InChI=1S/C28H14N4O9/c33-25-15-7-1-2-8-16(15)26(34)29(25)23-19(31(37)38)11-5-13-21(23)41-22-14-6-12-20(32(39)40)24(22)30-27(35)17-9-3-4-10-18(17)28(30)36/h1-14H. The summed E-state index contributed by atoms with van der Waals surface area (Å²) in [5, 5.41) is 24.0. The van der Waals surface area contributed by atoms with E-state index in [4.69, 9.17) is 4.74 Å². The zero-order valence-corrected chi connectivity index (χ0v) is 20.5. The molecule has 0 atom stereocenters.